The molecule has 0 saturated heterocycles. The second kappa shape index (κ2) is 8.36. The van der Waals surface area contributed by atoms with Gasteiger partial charge in [-0.3, -0.25) is 0 Å². The third-order valence-electron chi connectivity index (χ3n) is 4.38. The van der Waals surface area contributed by atoms with Crippen molar-refractivity contribution in [2.45, 2.75) is 53.8 Å². The van der Waals surface area contributed by atoms with E-state index in [0.717, 1.165) is 23.0 Å². The van der Waals surface area contributed by atoms with Crippen molar-refractivity contribution in [2.75, 3.05) is 19.5 Å². The van der Waals surface area contributed by atoms with Gasteiger partial charge >= 0.3 is 0 Å². The van der Waals surface area contributed by atoms with Crippen LogP contribution >= 0.6 is 0 Å². The molecule has 0 aromatic carbocycles. The zero-order valence-corrected chi connectivity index (χ0v) is 17.8. The van der Waals surface area contributed by atoms with Crippen LogP contribution in [0.5, 0.6) is 0 Å². The maximum absolute atomic E-state index is 5.69. The number of aromatic nitrogens is 2. The summed E-state index contributed by atoms with van der Waals surface area (Å²) in [6, 6.07) is 11.8. The summed E-state index contributed by atoms with van der Waals surface area (Å²) in [5, 5.41) is 3.31. The molecule has 2 heterocycles. The van der Waals surface area contributed by atoms with Crippen molar-refractivity contribution in [1.29, 1.82) is 0 Å². The molecule has 2 aromatic rings. The number of rotatable bonds is 6. The molecule has 1 N–H and O–H groups in total. The van der Waals surface area contributed by atoms with Crippen molar-refractivity contribution in [3.05, 3.63) is 47.8 Å². The molecule has 2 atom stereocenters. The molecule has 0 saturated carbocycles. The van der Waals surface area contributed by atoms with Crippen LogP contribution in [0.15, 0.2) is 36.4 Å². The highest BCUT2D eigenvalue weighted by molar-refractivity contribution is 5.52. The van der Waals surface area contributed by atoms with Crippen LogP contribution in [0, 0.1) is 10.8 Å². The van der Waals surface area contributed by atoms with Gasteiger partial charge in [-0.25, -0.2) is 9.97 Å². The summed E-state index contributed by atoms with van der Waals surface area (Å²) in [6.45, 7) is 12.9. The summed E-state index contributed by atoms with van der Waals surface area (Å²) >= 11 is 0. The molecular weight excluding hydrogens is 338 g/mol. The summed E-state index contributed by atoms with van der Waals surface area (Å²) in [5.41, 5.74) is 1.71. The molecule has 5 nitrogen and oxygen atoms in total. The van der Waals surface area contributed by atoms with E-state index in [1.165, 1.54) is 0 Å². The molecule has 27 heavy (non-hydrogen) atoms. The van der Waals surface area contributed by atoms with Crippen LogP contribution in [-0.4, -0.2) is 24.2 Å². The Hall–Kier alpha value is -1.98. The number of methoxy groups -OCH3 is 2. The van der Waals surface area contributed by atoms with E-state index < -0.39 is 0 Å². The lowest BCUT2D eigenvalue weighted by Crippen LogP contribution is -2.21. The fraction of sp³-hybridized carbons (Fsp3) is 0.545. The first-order valence-electron chi connectivity index (χ1n) is 9.33. The minimum absolute atomic E-state index is 0.0447. The first kappa shape index (κ1) is 21.3. The summed E-state index contributed by atoms with van der Waals surface area (Å²) < 4.78 is 11.4. The fourth-order valence-electron chi connectivity index (χ4n) is 3.30. The van der Waals surface area contributed by atoms with Gasteiger partial charge in [0.05, 0.1) is 11.4 Å². The number of hydrogen-bond acceptors (Lipinski definition) is 5. The average Bonchev–Trinajstić information content (AvgIpc) is 2.54. The molecular formula is C22H33N3O2. The highest BCUT2D eigenvalue weighted by Crippen LogP contribution is 2.36. The van der Waals surface area contributed by atoms with Crippen LogP contribution in [0.2, 0.25) is 0 Å². The van der Waals surface area contributed by atoms with Crippen LogP contribution in [0.3, 0.4) is 0 Å². The van der Waals surface area contributed by atoms with Gasteiger partial charge in [-0.15, -0.1) is 0 Å². The van der Waals surface area contributed by atoms with Gasteiger partial charge in [0.25, 0.3) is 0 Å². The SMILES string of the molecule is CO[C@@H](c1cccc(Nc2cccc([C@H](OC)C(C)(C)C)n2)n1)C(C)(C)C. The normalized spacial score (nSPS) is 14.7. The molecule has 2 aromatic heterocycles. The van der Waals surface area contributed by atoms with Crippen molar-refractivity contribution < 1.29 is 9.47 Å². The number of hydrogen-bond donors (Lipinski definition) is 1. The summed E-state index contributed by atoms with van der Waals surface area (Å²) in [7, 11) is 3.44. The third kappa shape index (κ3) is 5.50. The molecule has 0 amide bonds. The lowest BCUT2D eigenvalue weighted by molar-refractivity contribution is 0.0121. The Morgan fingerprint density at radius 3 is 1.37 bits per heavy atom. The second-order valence-corrected chi connectivity index (χ2v) is 8.98. The zero-order valence-electron chi connectivity index (χ0n) is 17.8. The summed E-state index contributed by atoms with van der Waals surface area (Å²) in [5.74, 6) is 1.49. The molecule has 0 spiro atoms. The quantitative estimate of drug-likeness (QED) is 0.707. The third-order valence-corrected chi connectivity index (χ3v) is 4.38. The van der Waals surface area contributed by atoms with E-state index in [1.807, 2.05) is 36.4 Å². The fourth-order valence-corrected chi connectivity index (χ4v) is 3.30. The van der Waals surface area contributed by atoms with E-state index in [-0.39, 0.29) is 23.0 Å². The lowest BCUT2D eigenvalue weighted by Gasteiger charge is -2.29. The van der Waals surface area contributed by atoms with Crippen LogP contribution < -0.4 is 5.32 Å². The molecule has 0 aliphatic rings. The first-order valence-corrected chi connectivity index (χ1v) is 9.33. The van der Waals surface area contributed by atoms with Crippen molar-refractivity contribution in [3.8, 4) is 0 Å². The van der Waals surface area contributed by atoms with Crippen LogP contribution in [0.1, 0.15) is 65.1 Å². The highest BCUT2D eigenvalue weighted by Gasteiger charge is 2.28. The van der Waals surface area contributed by atoms with Crippen molar-refractivity contribution in [2.24, 2.45) is 10.8 Å². The van der Waals surface area contributed by atoms with Gasteiger partial charge in [0.2, 0.25) is 0 Å². The van der Waals surface area contributed by atoms with E-state index in [2.05, 4.69) is 46.9 Å². The van der Waals surface area contributed by atoms with Crippen molar-refractivity contribution in [3.63, 3.8) is 0 Å². The van der Waals surface area contributed by atoms with Crippen LogP contribution in [-0.2, 0) is 9.47 Å². The maximum atomic E-state index is 5.69. The lowest BCUT2D eigenvalue weighted by atomic mass is 9.87. The number of pyridine rings is 2. The Bertz CT molecular complexity index is 684. The summed E-state index contributed by atoms with van der Waals surface area (Å²) in [6.07, 6.45) is -0.172. The number of nitrogens with zero attached hydrogens (tertiary/aromatic N) is 2. The van der Waals surface area contributed by atoms with E-state index in [1.54, 1.807) is 14.2 Å². The molecule has 0 unspecified atom stereocenters. The topological polar surface area (TPSA) is 56.3 Å². The minimum atomic E-state index is -0.0858. The summed E-state index contributed by atoms with van der Waals surface area (Å²) in [4.78, 5) is 9.48. The second-order valence-electron chi connectivity index (χ2n) is 8.98. The minimum Gasteiger partial charge on any atom is -0.375 e. The van der Waals surface area contributed by atoms with E-state index in [4.69, 9.17) is 19.4 Å². The highest BCUT2D eigenvalue weighted by atomic mass is 16.5. The van der Waals surface area contributed by atoms with Gasteiger partial charge < -0.3 is 14.8 Å². The van der Waals surface area contributed by atoms with Crippen molar-refractivity contribution in [1.82, 2.24) is 9.97 Å². The predicted molar refractivity (Wildman–Crippen MR) is 110 cm³/mol. The zero-order chi connectivity index (χ0) is 20.2. The molecule has 0 bridgehead atoms. The standard InChI is InChI=1S/C22H33N3O2/c1-21(2,3)19(26-7)15-11-9-13-17(23-15)25-18-14-10-12-16(24-18)20(27-8)22(4,5)6/h9-14,19-20H,1-8H3,(H,23,24,25)/t19-,20-/m0/s1. The Balaban J connectivity index is 2.28. The van der Waals surface area contributed by atoms with E-state index >= 15 is 0 Å². The van der Waals surface area contributed by atoms with Gasteiger partial charge in [0.1, 0.15) is 23.8 Å². The van der Waals surface area contributed by atoms with Gasteiger partial charge in [0, 0.05) is 14.2 Å². The largest absolute Gasteiger partial charge is 0.375 e. The molecule has 0 aliphatic heterocycles. The van der Waals surface area contributed by atoms with Gasteiger partial charge in [-0.1, -0.05) is 53.7 Å². The number of anilines is 2. The first-order chi connectivity index (χ1) is 12.6. The number of nitrogens with one attached hydrogen (secondary N) is 1. The molecule has 5 heteroatoms. The van der Waals surface area contributed by atoms with Crippen LogP contribution in [0.4, 0.5) is 11.6 Å². The molecule has 148 valence electrons. The molecule has 0 aliphatic carbocycles. The Morgan fingerprint density at radius 2 is 1.07 bits per heavy atom. The van der Waals surface area contributed by atoms with Gasteiger partial charge in [-0.05, 0) is 35.1 Å². The number of ether oxygens (including phenoxy) is 2. The van der Waals surface area contributed by atoms with Gasteiger partial charge in [0.15, 0.2) is 0 Å². The molecule has 2 rings (SSSR count). The predicted octanol–water partition coefficient (Wildman–Crippen LogP) is 5.69. The Labute approximate surface area is 163 Å². The average molecular weight is 372 g/mol. The Kier molecular flexibility index (Phi) is 6.60. The van der Waals surface area contributed by atoms with Gasteiger partial charge in [-0.2, -0.15) is 0 Å². The van der Waals surface area contributed by atoms with Crippen LogP contribution in [0.25, 0.3) is 0 Å². The smallest absolute Gasteiger partial charge is 0.131 e. The maximum Gasteiger partial charge on any atom is 0.131 e. The monoisotopic (exact) mass is 371 g/mol. The van der Waals surface area contributed by atoms with Crippen molar-refractivity contribution >= 4 is 11.6 Å². The van der Waals surface area contributed by atoms with E-state index in [9.17, 15) is 0 Å². The molecule has 0 radical (unpaired) electrons. The van der Waals surface area contributed by atoms with E-state index in [0.29, 0.717) is 0 Å². The Morgan fingerprint density at radius 1 is 0.704 bits per heavy atom. The molecule has 0 fully saturated rings.